The first-order valence-electron chi connectivity index (χ1n) is 4.85. The molecular formula is C9H17N3OS. The lowest BCUT2D eigenvalue weighted by molar-refractivity contribution is -0.122. The third kappa shape index (κ3) is 3.23. The smallest absolute Gasteiger partial charge is 0.234 e. The molecule has 0 saturated heterocycles. The van der Waals surface area contributed by atoms with Crippen LogP contribution in [0.15, 0.2) is 0 Å². The van der Waals surface area contributed by atoms with Crippen LogP contribution >= 0.6 is 12.2 Å². The number of thiocarbonyl (C=S) groups is 1. The van der Waals surface area contributed by atoms with Gasteiger partial charge in [-0.2, -0.15) is 0 Å². The summed E-state index contributed by atoms with van der Waals surface area (Å²) in [4.78, 5) is 13.6. The quantitative estimate of drug-likeness (QED) is 0.612. The van der Waals surface area contributed by atoms with E-state index in [1.54, 1.807) is 0 Å². The molecule has 5 heteroatoms. The van der Waals surface area contributed by atoms with Gasteiger partial charge in [0.25, 0.3) is 0 Å². The zero-order chi connectivity index (χ0) is 10.7. The molecule has 1 rings (SSSR count). The molecule has 0 spiro atoms. The van der Waals surface area contributed by atoms with Crippen LogP contribution in [0, 0.1) is 0 Å². The van der Waals surface area contributed by atoms with Crippen molar-refractivity contribution in [1.82, 2.24) is 4.90 Å². The van der Waals surface area contributed by atoms with E-state index in [9.17, 15) is 4.79 Å². The summed E-state index contributed by atoms with van der Waals surface area (Å²) in [5.74, 6) is -0.278. The van der Waals surface area contributed by atoms with Gasteiger partial charge in [-0.15, -0.1) is 0 Å². The molecule has 1 saturated carbocycles. The highest BCUT2D eigenvalue weighted by atomic mass is 32.1. The molecule has 4 nitrogen and oxygen atoms in total. The second-order valence-corrected chi connectivity index (χ2v) is 4.29. The molecule has 0 radical (unpaired) electrons. The Hall–Kier alpha value is -0.680. The average Bonchev–Trinajstić information content (AvgIpc) is 2.87. The summed E-state index contributed by atoms with van der Waals surface area (Å²) >= 11 is 4.81. The molecule has 0 heterocycles. The molecule has 4 N–H and O–H groups in total. The van der Waals surface area contributed by atoms with E-state index in [-0.39, 0.29) is 11.9 Å². The molecule has 0 aromatic carbocycles. The fraction of sp³-hybridized carbons (Fsp3) is 0.778. The van der Waals surface area contributed by atoms with Gasteiger partial charge in [0.05, 0.1) is 11.0 Å². The Kier molecular flexibility index (Phi) is 3.83. The fourth-order valence-electron chi connectivity index (χ4n) is 1.50. The first-order valence-corrected chi connectivity index (χ1v) is 5.26. The lowest BCUT2D eigenvalue weighted by Crippen LogP contribution is -2.45. The van der Waals surface area contributed by atoms with Crippen molar-refractivity contribution in [2.75, 3.05) is 6.54 Å². The number of rotatable bonds is 6. The minimum atomic E-state index is -0.278. The summed E-state index contributed by atoms with van der Waals surface area (Å²) in [6.07, 6.45) is 2.95. The van der Waals surface area contributed by atoms with Crippen LogP contribution in [-0.4, -0.2) is 34.4 Å². The molecule has 1 amide bonds. The van der Waals surface area contributed by atoms with Gasteiger partial charge < -0.3 is 11.5 Å². The van der Waals surface area contributed by atoms with E-state index in [1.165, 1.54) is 0 Å². The number of primary amides is 1. The van der Waals surface area contributed by atoms with Crippen molar-refractivity contribution in [2.24, 2.45) is 11.5 Å². The molecule has 80 valence electrons. The Morgan fingerprint density at radius 1 is 1.57 bits per heavy atom. The SMILES string of the molecule is CC(C(N)=O)N(CCC(N)=S)C1CC1. The summed E-state index contributed by atoms with van der Waals surface area (Å²) in [7, 11) is 0. The number of hydrogen-bond donors (Lipinski definition) is 2. The van der Waals surface area contributed by atoms with Crippen molar-refractivity contribution < 1.29 is 4.79 Å². The van der Waals surface area contributed by atoms with Crippen molar-refractivity contribution in [3.63, 3.8) is 0 Å². The minimum Gasteiger partial charge on any atom is -0.393 e. The molecule has 0 aliphatic heterocycles. The highest BCUT2D eigenvalue weighted by Crippen LogP contribution is 2.28. The average molecular weight is 215 g/mol. The van der Waals surface area contributed by atoms with Crippen LogP contribution in [-0.2, 0) is 4.79 Å². The van der Waals surface area contributed by atoms with Crippen molar-refractivity contribution in [3.8, 4) is 0 Å². The predicted molar refractivity (Wildman–Crippen MR) is 59.8 cm³/mol. The van der Waals surface area contributed by atoms with Gasteiger partial charge in [0.1, 0.15) is 0 Å². The number of hydrogen-bond acceptors (Lipinski definition) is 3. The third-order valence-electron chi connectivity index (χ3n) is 2.54. The van der Waals surface area contributed by atoms with Crippen LogP contribution in [0.4, 0.5) is 0 Å². The fourth-order valence-corrected chi connectivity index (χ4v) is 1.59. The van der Waals surface area contributed by atoms with E-state index in [2.05, 4.69) is 4.90 Å². The van der Waals surface area contributed by atoms with Crippen molar-refractivity contribution in [3.05, 3.63) is 0 Å². The van der Waals surface area contributed by atoms with Gasteiger partial charge >= 0.3 is 0 Å². The maximum Gasteiger partial charge on any atom is 0.234 e. The number of amides is 1. The number of nitrogens with two attached hydrogens (primary N) is 2. The normalized spacial score (nSPS) is 18.1. The Labute approximate surface area is 89.6 Å². The maximum absolute atomic E-state index is 11.0. The molecule has 0 bridgehead atoms. The van der Waals surface area contributed by atoms with E-state index >= 15 is 0 Å². The maximum atomic E-state index is 11.0. The van der Waals surface area contributed by atoms with Gasteiger partial charge in [-0.1, -0.05) is 12.2 Å². The summed E-state index contributed by atoms with van der Waals surface area (Å²) in [6, 6.07) is 0.295. The van der Waals surface area contributed by atoms with Crippen molar-refractivity contribution >= 4 is 23.1 Å². The molecule has 0 aromatic heterocycles. The van der Waals surface area contributed by atoms with Gasteiger partial charge in [-0.3, -0.25) is 9.69 Å². The molecule has 14 heavy (non-hydrogen) atoms. The highest BCUT2D eigenvalue weighted by Gasteiger charge is 2.33. The molecule has 0 aromatic rings. The summed E-state index contributed by atoms with van der Waals surface area (Å²) in [5.41, 5.74) is 10.7. The summed E-state index contributed by atoms with van der Waals surface area (Å²) in [5, 5.41) is 0. The Morgan fingerprint density at radius 2 is 2.14 bits per heavy atom. The zero-order valence-electron chi connectivity index (χ0n) is 8.40. The Morgan fingerprint density at radius 3 is 2.50 bits per heavy atom. The van der Waals surface area contributed by atoms with Gasteiger partial charge in [-0.05, 0) is 19.8 Å². The van der Waals surface area contributed by atoms with Gasteiger partial charge in [-0.25, -0.2) is 0 Å². The molecule has 1 atom stereocenters. The van der Waals surface area contributed by atoms with Crippen molar-refractivity contribution in [1.29, 1.82) is 0 Å². The zero-order valence-corrected chi connectivity index (χ0v) is 9.22. The topological polar surface area (TPSA) is 72.4 Å². The van der Waals surface area contributed by atoms with E-state index in [1.807, 2.05) is 6.92 Å². The predicted octanol–water partition coefficient (Wildman–Crippen LogP) is 0.000800. The molecule has 1 unspecified atom stereocenters. The minimum absolute atomic E-state index is 0.211. The summed E-state index contributed by atoms with van der Waals surface area (Å²) in [6.45, 7) is 2.57. The Balaban J connectivity index is 2.46. The first-order chi connectivity index (χ1) is 6.52. The third-order valence-corrected chi connectivity index (χ3v) is 2.75. The van der Waals surface area contributed by atoms with E-state index < -0.39 is 0 Å². The number of nitrogens with zero attached hydrogens (tertiary/aromatic N) is 1. The summed E-state index contributed by atoms with van der Waals surface area (Å²) < 4.78 is 0. The molecular weight excluding hydrogens is 198 g/mol. The largest absolute Gasteiger partial charge is 0.393 e. The van der Waals surface area contributed by atoms with Crippen LogP contribution < -0.4 is 11.5 Å². The standard InChI is InChI=1S/C9H17N3OS/c1-6(9(11)13)12(7-2-3-7)5-4-8(10)14/h6-7H,2-5H2,1H3,(H2,10,14)(H2,11,13). The molecule has 1 aliphatic carbocycles. The molecule has 1 aliphatic rings. The van der Waals surface area contributed by atoms with E-state index in [0.29, 0.717) is 17.5 Å². The molecule has 1 fully saturated rings. The monoisotopic (exact) mass is 215 g/mol. The Bertz CT molecular complexity index is 240. The lowest BCUT2D eigenvalue weighted by atomic mass is 10.2. The number of carbonyl (C=O) groups excluding carboxylic acids is 1. The van der Waals surface area contributed by atoms with Gasteiger partial charge in [0, 0.05) is 19.0 Å². The van der Waals surface area contributed by atoms with E-state index in [0.717, 1.165) is 19.4 Å². The van der Waals surface area contributed by atoms with Crippen LogP contribution in [0.2, 0.25) is 0 Å². The van der Waals surface area contributed by atoms with Gasteiger partial charge in [0.15, 0.2) is 0 Å². The number of carbonyl (C=O) groups is 1. The highest BCUT2D eigenvalue weighted by molar-refractivity contribution is 7.80. The first kappa shape index (κ1) is 11.4. The second-order valence-electron chi connectivity index (χ2n) is 3.76. The van der Waals surface area contributed by atoms with Crippen LogP contribution in [0.3, 0.4) is 0 Å². The lowest BCUT2D eigenvalue weighted by Gasteiger charge is -2.26. The van der Waals surface area contributed by atoms with E-state index in [4.69, 9.17) is 23.7 Å². The van der Waals surface area contributed by atoms with Crippen LogP contribution in [0.5, 0.6) is 0 Å². The van der Waals surface area contributed by atoms with Crippen molar-refractivity contribution in [2.45, 2.75) is 38.3 Å². The van der Waals surface area contributed by atoms with Crippen LogP contribution in [0.25, 0.3) is 0 Å². The van der Waals surface area contributed by atoms with Gasteiger partial charge in [0.2, 0.25) is 5.91 Å². The van der Waals surface area contributed by atoms with Crippen LogP contribution in [0.1, 0.15) is 26.2 Å². The second kappa shape index (κ2) is 4.70.